The minimum atomic E-state index is -0.176. The third kappa shape index (κ3) is 4.33. The Morgan fingerprint density at radius 2 is 1.64 bits per heavy atom. The molecule has 0 spiro atoms. The maximum absolute atomic E-state index is 12.4. The second-order valence-corrected chi connectivity index (χ2v) is 5.80. The molecule has 2 unspecified atom stereocenters. The Kier molecular flexibility index (Phi) is 5.99. The van der Waals surface area contributed by atoms with Crippen LogP contribution in [0.5, 0.6) is 0 Å². The van der Waals surface area contributed by atoms with Crippen LogP contribution < -0.4 is 10.6 Å². The van der Waals surface area contributed by atoms with Crippen LogP contribution in [0.2, 0.25) is 5.02 Å². The molecule has 22 heavy (non-hydrogen) atoms. The van der Waals surface area contributed by atoms with Gasteiger partial charge in [-0.15, -0.1) is 0 Å². The second kappa shape index (κ2) is 7.97. The van der Waals surface area contributed by atoms with Gasteiger partial charge in [0, 0.05) is 17.5 Å². The van der Waals surface area contributed by atoms with Crippen molar-refractivity contribution in [3.63, 3.8) is 0 Å². The summed E-state index contributed by atoms with van der Waals surface area (Å²) in [5.41, 5.74) is 2.07. The Balaban J connectivity index is 2.26. The van der Waals surface area contributed by atoms with Gasteiger partial charge in [0.1, 0.15) is 0 Å². The zero-order valence-electron chi connectivity index (χ0n) is 12.8. The molecule has 0 saturated carbocycles. The predicted molar refractivity (Wildman–Crippen MR) is 91.0 cm³/mol. The summed E-state index contributed by atoms with van der Waals surface area (Å²) in [7, 11) is 1.84. The number of nitrogens with one attached hydrogen (secondary N) is 2. The van der Waals surface area contributed by atoms with E-state index >= 15 is 0 Å². The van der Waals surface area contributed by atoms with Crippen molar-refractivity contribution < 1.29 is 4.79 Å². The molecule has 0 aromatic heterocycles. The van der Waals surface area contributed by atoms with Crippen LogP contribution in [0, 0.1) is 5.92 Å². The Labute approximate surface area is 136 Å². The minimum Gasteiger partial charge on any atom is -0.345 e. The van der Waals surface area contributed by atoms with Crippen molar-refractivity contribution >= 4 is 17.5 Å². The van der Waals surface area contributed by atoms with E-state index < -0.39 is 0 Å². The first-order valence-electron chi connectivity index (χ1n) is 7.37. The van der Waals surface area contributed by atoms with Crippen molar-refractivity contribution in [2.75, 3.05) is 13.6 Å². The van der Waals surface area contributed by atoms with Gasteiger partial charge in [0.2, 0.25) is 5.91 Å². The second-order valence-electron chi connectivity index (χ2n) is 5.36. The molecule has 0 aliphatic rings. The third-order valence-electron chi connectivity index (χ3n) is 3.58. The molecular weight excluding hydrogens is 296 g/mol. The monoisotopic (exact) mass is 316 g/mol. The van der Waals surface area contributed by atoms with Crippen LogP contribution in [-0.2, 0) is 4.79 Å². The summed E-state index contributed by atoms with van der Waals surface area (Å²) < 4.78 is 0. The van der Waals surface area contributed by atoms with Crippen LogP contribution in [0.25, 0.3) is 0 Å². The Morgan fingerprint density at radius 3 is 2.23 bits per heavy atom. The van der Waals surface area contributed by atoms with Gasteiger partial charge in [0.25, 0.3) is 0 Å². The molecule has 2 aromatic rings. The smallest absolute Gasteiger partial charge is 0.224 e. The molecule has 0 heterocycles. The fourth-order valence-corrected chi connectivity index (χ4v) is 2.47. The van der Waals surface area contributed by atoms with Crippen molar-refractivity contribution in [2.24, 2.45) is 5.92 Å². The van der Waals surface area contributed by atoms with Gasteiger partial charge in [0.05, 0.1) is 6.04 Å². The van der Waals surface area contributed by atoms with E-state index in [0.717, 1.165) is 11.1 Å². The van der Waals surface area contributed by atoms with Gasteiger partial charge in [0.15, 0.2) is 0 Å². The van der Waals surface area contributed by atoms with Crippen LogP contribution in [0.1, 0.15) is 24.1 Å². The van der Waals surface area contributed by atoms with E-state index in [9.17, 15) is 4.79 Å². The van der Waals surface area contributed by atoms with Crippen molar-refractivity contribution in [3.05, 3.63) is 70.7 Å². The maximum atomic E-state index is 12.4. The molecule has 2 atom stereocenters. The molecule has 2 aromatic carbocycles. The summed E-state index contributed by atoms with van der Waals surface area (Å²) in [4.78, 5) is 12.4. The van der Waals surface area contributed by atoms with Crippen molar-refractivity contribution in [3.8, 4) is 0 Å². The summed E-state index contributed by atoms with van der Waals surface area (Å²) in [6.45, 7) is 2.56. The van der Waals surface area contributed by atoms with Gasteiger partial charge in [-0.3, -0.25) is 4.79 Å². The molecule has 0 aliphatic heterocycles. The lowest BCUT2D eigenvalue weighted by atomic mass is 9.98. The molecule has 4 heteroatoms. The number of rotatable bonds is 6. The first-order valence-corrected chi connectivity index (χ1v) is 7.75. The van der Waals surface area contributed by atoms with E-state index in [2.05, 4.69) is 10.6 Å². The van der Waals surface area contributed by atoms with E-state index in [1.54, 1.807) is 0 Å². The molecule has 2 N–H and O–H groups in total. The van der Waals surface area contributed by atoms with E-state index in [1.807, 2.05) is 68.6 Å². The summed E-state index contributed by atoms with van der Waals surface area (Å²) in [6.07, 6.45) is 0. The molecule has 3 nitrogen and oxygen atoms in total. The van der Waals surface area contributed by atoms with Crippen LogP contribution in [0.3, 0.4) is 0 Å². The summed E-state index contributed by atoms with van der Waals surface area (Å²) in [5, 5.41) is 6.85. The molecule has 1 amide bonds. The quantitative estimate of drug-likeness (QED) is 0.857. The molecule has 0 bridgehead atoms. The highest BCUT2D eigenvalue weighted by Crippen LogP contribution is 2.23. The van der Waals surface area contributed by atoms with Crippen molar-refractivity contribution in [1.82, 2.24) is 10.6 Å². The van der Waals surface area contributed by atoms with Gasteiger partial charge in [-0.25, -0.2) is 0 Å². The van der Waals surface area contributed by atoms with Crippen LogP contribution >= 0.6 is 11.6 Å². The summed E-state index contributed by atoms with van der Waals surface area (Å²) in [5.74, 6) is -0.0679. The first kappa shape index (κ1) is 16.5. The number of carbonyl (C=O) groups is 1. The summed E-state index contributed by atoms with van der Waals surface area (Å²) in [6, 6.07) is 17.4. The first-order chi connectivity index (χ1) is 10.6. The zero-order valence-corrected chi connectivity index (χ0v) is 13.6. The van der Waals surface area contributed by atoms with E-state index in [0.29, 0.717) is 11.6 Å². The number of benzene rings is 2. The highest BCUT2D eigenvalue weighted by molar-refractivity contribution is 6.30. The van der Waals surface area contributed by atoms with E-state index in [1.165, 1.54) is 0 Å². The average molecular weight is 317 g/mol. The fraction of sp³-hybridized carbons (Fsp3) is 0.278. The predicted octanol–water partition coefficient (Wildman–Crippen LogP) is 3.40. The number of halogens is 1. The average Bonchev–Trinajstić information content (AvgIpc) is 2.54. The summed E-state index contributed by atoms with van der Waals surface area (Å²) >= 11 is 5.96. The van der Waals surface area contributed by atoms with Crippen LogP contribution in [0.4, 0.5) is 0 Å². The van der Waals surface area contributed by atoms with Gasteiger partial charge >= 0.3 is 0 Å². The van der Waals surface area contributed by atoms with Crippen molar-refractivity contribution in [1.29, 1.82) is 0 Å². The lowest BCUT2D eigenvalue weighted by molar-refractivity contribution is -0.124. The zero-order chi connectivity index (χ0) is 15.9. The van der Waals surface area contributed by atoms with Gasteiger partial charge in [-0.2, -0.15) is 0 Å². The number of carbonyl (C=O) groups excluding carboxylic acids is 1. The molecule has 0 saturated heterocycles. The Hall–Kier alpha value is -1.84. The topological polar surface area (TPSA) is 41.1 Å². The molecule has 0 radical (unpaired) electrons. The van der Waals surface area contributed by atoms with Crippen LogP contribution in [-0.4, -0.2) is 19.5 Å². The highest BCUT2D eigenvalue weighted by atomic mass is 35.5. The Bertz CT molecular complexity index is 598. The largest absolute Gasteiger partial charge is 0.345 e. The number of amides is 1. The Morgan fingerprint density at radius 1 is 1.05 bits per heavy atom. The SMILES string of the molecule is CNCC(C)C(=O)NC(c1ccccc1)c1ccc(Cl)cc1. The number of hydrogen-bond donors (Lipinski definition) is 2. The van der Waals surface area contributed by atoms with E-state index in [4.69, 9.17) is 11.6 Å². The third-order valence-corrected chi connectivity index (χ3v) is 3.83. The molecular formula is C18H21ClN2O. The normalized spacial score (nSPS) is 13.4. The molecule has 0 fully saturated rings. The number of hydrogen-bond acceptors (Lipinski definition) is 2. The highest BCUT2D eigenvalue weighted by Gasteiger charge is 2.20. The fourth-order valence-electron chi connectivity index (χ4n) is 2.34. The van der Waals surface area contributed by atoms with Crippen LogP contribution in [0.15, 0.2) is 54.6 Å². The van der Waals surface area contributed by atoms with Crippen molar-refractivity contribution in [2.45, 2.75) is 13.0 Å². The van der Waals surface area contributed by atoms with Gasteiger partial charge < -0.3 is 10.6 Å². The molecule has 116 valence electrons. The van der Waals surface area contributed by atoms with Gasteiger partial charge in [-0.1, -0.05) is 61.0 Å². The van der Waals surface area contributed by atoms with Gasteiger partial charge in [-0.05, 0) is 30.3 Å². The lowest BCUT2D eigenvalue weighted by Crippen LogP contribution is -2.37. The molecule has 2 rings (SSSR count). The minimum absolute atomic E-state index is 0.0261. The lowest BCUT2D eigenvalue weighted by Gasteiger charge is -2.22. The van der Waals surface area contributed by atoms with E-state index in [-0.39, 0.29) is 17.9 Å². The maximum Gasteiger partial charge on any atom is 0.224 e. The molecule has 0 aliphatic carbocycles. The standard InChI is InChI=1S/C18H21ClN2O/c1-13(12-20-2)18(22)21-17(14-6-4-3-5-7-14)15-8-10-16(19)11-9-15/h3-11,13,17,20H,12H2,1-2H3,(H,21,22).